The Bertz CT molecular complexity index is 271. The van der Waals surface area contributed by atoms with Crippen molar-refractivity contribution < 1.29 is 5.11 Å². The first-order valence-corrected chi connectivity index (χ1v) is 7.41. The van der Waals surface area contributed by atoms with Crippen LogP contribution in [0.25, 0.3) is 0 Å². The lowest BCUT2D eigenvalue weighted by atomic mass is 10.4. The molecule has 0 radical (unpaired) electrons. The number of rotatable bonds is 4. The number of allylic oxidation sites excluding steroid dienone is 1. The van der Waals surface area contributed by atoms with Crippen LogP contribution < -0.4 is 5.19 Å². The average Bonchev–Trinajstić information content (AvgIpc) is 2.19. The van der Waals surface area contributed by atoms with E-state index in [1.807, 2.05) is 24.3 Å². The van der Waals surface area contributed by atoms with Gasteiger partial charge in [0.05, 0.1) is 0 Å². The minimum atomic E-state index is -1.66. The Morgan fingerprint density at radius 1 is 1.38 bits per heavy atom. The summed E-state index contributed by atoms with van der Waals surface area (Å²) in [6.45, 7) is 5.93. The van der Waals surface area contributed by atoms with Crippen molar-refractivity contribution in [2.24, 2.45) is 0 Å². The molecule has 0 saturated heterocycles. The molecule has 0 amide bonds. The molecular weight excluding hydrogens is 176 g/mol. The molecule has 0 aliphatic carbocycles. The van der Waals surface area contributed by atoms with Crippen molar-refractivity contribution in [2.75, 3.05) is 6.23 Å². The molecule has 0 bridgehead atoms. The molecule has 0 aliphatic heterocycles. The summed E-state index contributed by atoms with van der Waals surface area (Å²) in [5, 5.41) is 10.7. The van der Waals surface area contributed by atoms with Crippen molar-refractivity contribution in [2.45, 2.75) is 12.6 Å². The Balaban J connectivity index is 2.95. The molecule has 1 nitrogen and oxygen atoms in total. The van der Waals surface area contributed by atoms with E-state index in [4.69, 9.17) is 0 Å². The maximum absolute atomic E-state index is 9.38. The molecule has 13 heavy (non-hydrogen) atoms. The zero-order valence-electron chi connectivity index (χ0n) is 8.03. The molecular formula is C11H16OSi. The van der Waals surface area contributed by atoms with Crippen molar-refractivity contribution in [3.8, 4) is 0 Å². The fourth-order valence-corrected chi connectivity index (χ4v) is 3.61. The molecule has 0 saturated carbocycles. The van der Waals surface area contributed by atoms with Crippen LogP contribution in [0.3, 0.4) is 0 Å². The average molecular weight is 192 g/mol. The van der Waals surface area contributed by atoms with E-state index in [9.17, 15) is 5.11 Å². The van der Waals surface area contributed by atoms with Gasteiger partial charge in [0.25, 0.3) is 0 Å². The van der Waals surface area contributed by atoms with Crippen LogP contribution >= 0.6 is 0 Å². The van der Waals surface area contributed by atoms with Gasteiger partial charge in [-0.15, -0.1) is 6.58 Å². The highest BCUT2D eigenvalue weighted by Crippen LogP contribution is 2.09. The van der Waals surface area contributed by atoms with Crippen molar-refractivity contribution in [1.82, 2.24) is 0 Å². The first-order chi connectivity index (χ1) is 6.23. The summed E-state index contributed by atoms with van der Waals surface area (Å²) in [4.78, 5) is 0. The molecule has 2 heteroatoms. The van der Waals surface area contributed by atoms with Crippen LogP contribution in [0.5, 0.6) is 0 Å². The molecule has 70 valence electrons. The molecule has 0 heterocycles. The molecule has 0 fully saturated rings. The number of benzene rings is 1. The lowest BCUT2D eigenvalue weighted by Crippen LogP contribution is -2.48. The van der Waals surface area contributed by atoms with Gasteiger partial charge in [0.1, 0.15) is 8.07 Å². The summed E-state index contributed by atoms with van der Waals surface area (Å²) in [6.07, 6.45) is 2.21. The predicted molar refractivity (Wildman–Crippen MR) is 59.8 cm³/mol. The zero-order valence-corrected chi connectivity index (χ0v) is 9.03. The molecule has 0 aromatic heterocycles. The van der Waals surface area contributed by atoms with Crippen LogP contribution in [0.2, 0.25) is 12.6 Å². The minimum Gasteiger partial charge on any atom is -0.399 e. The number of hydrogen-bond donors (Lipinski definition) is 1. The van der Waals surface area contributed by atoms with Gasteiger partial charge in [-0.25, -0.2) is 0 Å². The van der Waals surface area contributed by atoms with Gasteiger partial charge in [-0.1, -0.05) is 48.1 Å². The van der Waals surface area contributed by atoms with Crippen molar-refractivity contribution in [1.29, 1.82) is 0 Å². The monoisotopic (exact) mass is 192 g/mol. The normalized spacial score (nSPS) is 14.9. The van der Waals surface area contributed by atoms with Gasteiger partial charge < -0.3 is 5.11 Å². The summed E-state index contributed by atoms with van der Waals surface area (Å²) in [5.74, 6) is 0. The Hall–Kier alpha value is -0.863. The van der Waals surface area contributed by atoms with Crippen LogP contribution in [-0.2, 0) is 0 Å². The fourth-order valence-electron chi connectivity index (χ4n) is 1.43. The van der Waals surface area contributed by atoms with E-state index in [0.717, 1.165) is 6.04 Å². The van der Waals surface area contributed by atoms with Crippen LogP contribution in [0.1, 0.15) is 0 Å². The number of aliphatic hydroxyl groups excluding tert-OH is 1. The number of hydrogen-bond acceptors (Lipinski definition) is 1. The second-order valence-corrected chi connectivity index (χ2v) is 8.00. The summed E-state index contributed by atoms with van der Waals surface area (Å²) in [6, 6.07) is 11.2. The van der Waals surface area contributed by atoms with E-state index in [1.165, 1.54) is 5.19 Å². The lowest BCUT2D eigenvalue weighted by Gasteiger charge is -2.23. The second-order valence-electron chi connectivity index (χ2n) is 3.58. The molecule has 1 rings (SSSR count). The minimum absolute atomic E-state index is 0.295. The van der Waals surface area contributed by atoms with Crippen molar-refractivity contribution in [3.63, 3.8) is 0 Å². The molecule has 0 spiro atoms. The summed E-state index contributed by atoms with van der Waals surface area (Å²) >= 11 is 0. The summed E-state index contributed by atoms with van der Waals surface area (Å²) in [5.41, 5.74) is 0. The highest BCUT2D eigenvalue weighted by Gasteiger charge is 2.26. The first-order valence-electron chi connectivity index (χ1n) is 4.50. The number of aliphatic hydroxyl groups is 1. The van der Waals surface area contributed by atoms with E-state index in [0.29, 0.717) is 6.23 Å². The standard InChI is InChI=1S/C11H16OSi/c1-3-9-13(2,10-12)11-7-5-4-6-8-11/h3-8,12H,1,9-10H2,2H3. The molecule has 1 atom stereocenters. The molecule has 1 aromatic rings. The highest BCUT2D eigenvalue weighted by atomic mass is 28.3. The molecule has 1 aromatic carbocycles. The van der Waals surface area contributed by atoms with Crippen molar-refractivity contribution in [3.05, 3.63) is 43.0 Å². The lowest BCUT2D eigenvalue weighted by molar-refractivity contribution is 0.359. The van der Waals surface area contributed by atoms with Crippen LogP contribution in [0.4, 0.5) is 0 Å². The molecule has 1 N–H and O–H groups in total. The molecule has 0 aliphatic rings. The Kier molecular flexibility index (Phi) is 3.45. The van der Waals surface area contributed by atoms with Gasteiger partial charge >= 0.3 is 0 Å². The zero-order chi connectivity index (χ0) is 9.73. The highest BCUT2D eigenvalue weighted by molar-refractivity contribution is 6.91. The third kappa shape index (κ3) is 2.29. The van der Waals surface area contributed by atoms with Crippen molar-refractivity contribution >= 4 is 13.3 Å². The smallest absolute Gasteiger partial charge is 0.115 e. The quantitative estimate of drug-likeness (QED) is 0.568. The maximum Gasteiger partial charge on any atom is 0.115 e. The largest absolute Gasteiger partial charge is 0.399 e. The maximum atomic E-state index is 9.38. The summed E-state index contributed by atoms with van der Waals surface area (Å²) in [7, 11) is -1.66. The van der Waals surface area contributed by atoms with Gasteiger partial charge in [-0.3, -0.25) is 0 Å². The fraction of sp³-hybridized carbons (Fsp3) is 0.273. The van der Waals surface area contributed by atoms with E-state index < -0.39 is 8.07 Å². The van der Waals surface area contributed by atoms with E-state index in [2.05, 4.69) is 25.3 Å². The van der Waals surface area contributed by atoms with Crippen LogP contribution in [-0.4, -0.2) is 19.4 Å². The Morgan fingerprint density at radius 3 is 2.46 bits per heavy atom. The summed E-state index contributed by atoms with van der Waals surface area (Å²) < 4.78 is 0. The van der Waals surface area contributed by atoms with Crippen LogP contribution in [0, 0.1) is 0 Å². The Labute approximate surface area is 80.7 Å². The molecule has 1 unspecified atom stereocenters. The van der Waals surface area contributed by atoms with Crippen LogP contribution in [0.15, 0.2) is 43.0 Å². The van der Waals surface area contributed by atoms with E-state index in [-0.39, 0.29) is 0 Å². The van der Waals surface area contributed by atoms with Gasteiger partial charge in [-0.2, -0.15) is 0 Å². The predicted octanol–water partition coefficient (Wildman–Crippen LogP) is 1.69. The third-order valence-corrected chi connectivity index (χ3v) is 6.03. The Morgan fingerprint density at radius 2 is 2.00 bits per heavy atom. The SMILES string of the molecule is C=CC[Si](C)(CO)c1ccccc1. The van der Waals surface area contributed by atoms with E-state index >= 15 is 0 Å². The second kappa shape index (κ2) is 4.39. The topological polar surface area (TPSA) is 20.2 Å². The van der Waals surface area contributed by atoms with Gasteiger partial charge in [0, 0.05) is 6.23 Å². The van der Waals surface area contributed by atoms with Gasteiger partial charge in [0.15, 0.2) is 0 Å². The van der Waals surface area contributed by atoms with Gasteiger partial charge in [-0.05, 0) is 6.04 Å². The van der Waals surface area contributed by atoms with E-state index in [1.54, 1.807) is 0 Å². The van der Waals surface area contributed by atoms with Gasteiger partial charge in [0.2, 0.25) is 0 Å². The third-order valence-electron chi connectivity index (χ3n) is 2.41. The first kappa shape index (κ1) is 10.2.